The highest BCUT2D eigenvalue weighted by Crippen LogP contribution is 2.37. The summed E-state index contributed by atoms with van der Waals surface area (Å²) in [7, 11) is -3.36. The van der Waals surface area contributed by atoms with Gasteiger partial charge in [0.15, 0.2) is 4.34 Å². The molecule has 0 saturated carbocycles. The van der Waals surface area contributed by atoms with E-state index in [2.05, 4.69) is 9.97 Å². The summed E-state index contributed by atoms with van der Waals surface area (Å²) in [6, 6.07) is 11.5. The number of thiazole rings is 1. The Kier molecular flexibility index (Phi) is 5.09. The van der Waals surface area contributed by atoms with Gasteiger partial charge >= 0.3 is 6.18 Å². The standard InChI is InChI=1S/C18H16F3N3OS2/c1-11-16(13-6-4-3-5-7-13)26-17(24-11)27(22,25)12(2)14-8-9-15(23-10-14)18(19,20)21/h3-10,12,22H,1-2H3. The second-order valence-electron chi connectivity index (χ2n) is 5.98. The number of alkyl halides is 3. The number of benzene rings is 1. The molecule has 0 spiro atoms. The van der Waals surface area contributed by atoms with E-state index in [0.29, 0.717) is 11.3 Å². The minimum absolute atomic E-state index is 0.159. The van der Waals surface area contributed by atoms with E-state index >= 15 is 0 Å². The van der Waals surface area contributed by atoms with E-state index in [4.69, 9.17) is 4.78 Å². The van der Waals surface area contributed by atoms with Crippen molar-refractivity contribution in [3.8, 4) is 10.4 Å². The fraction of sp³-hybridized carbons (Fsp3) is 0.222. The number of aromatic nitrogens is 2. The first-order chi connectivity index (χ1) is 12.6. The zero-order valence-electron chi connectivity index (χ0n) is 14.4. The number of halogens is 3. The molecule has 0 aliphatic carbocycles. The molecule has 0 aliphatic heterocycles. The van der Waals surface area contributed by atoms with Crippen molar-refractivity contribution in [2.75, 3.05) is 0 Å². The van der Waals surface area contributed by atoms with Gasteiger partial charge in [-0.1, -0.05) is 36.4 Å². The normalized spacial score (nSPS) is 15.3. The van der Waals surface area contributed by atoms with Crippen molar-refractivity contribution >= 4 is 21.1 Å². The van der Waals surface area contributed by atoms with Gasteiger partial charge in [0, 0.05) is 6.20 Å². The van der Waals surface area contributed by atoms with Crippen molar-refractivity contribution in [2.45, 2.75) is 29.6 Å². The highest BCUT2D eigenvalue weighted by molar-refractivity contribution is 7.94. The number of hydrogen-bond donors (Lipinski definition) is 1. The smallest absolute Gasteiger partial charge is 0.251 e. The van der Waals surface area contributed by atoms with Gasteiger partial charge in [0.1, 0.15) is 15.4 Å². The number of rotatable bonds is 4. The minimum atomic E-state index is -4.54. The van der Waals surface area contributed by atoms with Gasteiger partial charge in [-0.05, 0) is 31.0 Å². The van der Waals surface area contributed by atoms with E-state index in [1.54, 1.807) is 13.8 Å². The first-order valence-corrected chi connectivity index (χ1v) is 10.4. The molecule has 0 amide bonds. The van der Waals surface area contributed by atoms with Crippen LogP contribution in [0.1, 0.15) is 29.1 Å². The molecule has 0 saturated heterocycles. The van der Waals surface area contributed by atoms with Crippen LogP contribution in [0.2, 0.25) is 0 Å². The average Bonchev–Trinajstić information content (AvgIpc) is 3.04. The summed E-state index contributed by atoms with van der Waals surface area (Å²) in [6.45, 7) is 3.32. The first-order valence-electron chi connectivity index (χ1n) is 7.94. The number of aryl methyl sites for hydroxylation is 1. The Bertz CT molecular complexity index is 1040. The van der Waals surface area contributed by atoms with Crippen LogP contribution >= 0.6 is 11.3 Å². The van der Waals surface area contributed by atoms with E-state index in [1.165, 1.54) is 17.4 Å². The predicted molar refractivity (Wildman–Crippen MR) is 99.1 cm³/mol. The third-order valence-corrected chi connectivity index (χ3v) is 7.99. The second kappa shape index (κ2) is 7.05. The molecule has 2 aromatic heterocycles. The monoisotopic (exact) mass is 411 g/mol. The zero-order chi connectivity index (χ0) is 19.8. The Morgan fingerprint density at radius 1 is 1.15 bits per heavy atom. The Morgan fingerprint density at radius 3 is 2.37 bits per heavy atom. The zero-order valence-corrected chi connectivity index (χ0v) is 16.1. The van der Waals surface area contributed by atoms with Crippen molar-refractivity contribution in [3.05, 3.63) is 65.6 Å². The van der Waals surface area contributed by atoms with Gasteiger partial charge < -0.3 is 0 Å². The molecule has 3 rings (SSSR count). The minimum Gasteiger partial charge on any atom is -0.251 e. The van der Waals surface area contributed by atoms with Crippen LogP contribution in [0.25, 0.3) is 10.4 Å². The van der Waals surface area contributed by atoms with Crippen LogP contribution in [-0.2, 0) is 15.9 Å². The number of hydrogen-bond acceptors (Lipinski definition) is 5. The van der Waals surface area contributed by atoms with Crippen LogP contribution in [0.5, 0.6) is 0 Å². The van der Waals surface area contributed by atoms with Gasteiger partial charge in [-0.15, -0.1) is 11.3 Å². The first kappa shape index (κ1) is 19.5. The van der Waals surface area contributed by atoms with Gasteiger partial charge in [0.2, 0.25) is 0 Å². The number of pyridine rings is 1. The molecular formula is C18H16F3N3OS2. The lowest BCUT2D eigenvalue weighted by atomic mass is 10.2. The highest BCUT2D eigenvalue weighted by Gasteiger charge is 2.33. The molecule has 1 aromatic carbocycles. The van der Waals surface area contributed by atoms with E-state index in [0.717, 1.165) is 22.7 Å². The van der Waals surface area contributed by atoms with Crippen LogP contribution in [0.15, 0.2) is 53.0 Å². The molecule has 9 heteroatoms. The summed E-state index contributed by atoms with van der Waals surface area (Å²) >= 11 is 1.18. The molecule has 0 fully saturated rings. The number of nitrogens with one attached hydrogen (secondary N) is 1. The topological polar surface area (TPSA) is 66.7 Å². The van der Waals surface area contributed by atoms with Gasteiger partial charge in [0.05, 0.1) is 15.8 Å². The summed E-state index contributed by atoms with van der Waals surface area (Å²) in [6.07, 6.45) is -3.51. The fourth-order valence-electron chi connectivity index (χ4n) is 2.52. The second-order valence-corrected chi connectivity index (χ2v) is 9.53. The van der Waals surface area contributed by atoms with Crippen molar-refractivity contribution in [2.24, 2.45) is 0 Å². The van der Waals surface area contributed by atoms with Crippen molar-refractivity contribution in [1.82, 2.24) is 9.97 Å². The summed E-state index contributed by atoms with van der Waals surface area (Å²) < 4.78 is 59.7. The fourth-order valence-corrected chi connectivity index (χ4v) is 5.60. The highest BCUT2D eigenvalue weighted by atomic mass is 32.2. The third-order valence-electron chi connectivity index (χ3n) is 4.12. The van der Waals surface area contributed by atoms with Crippen molar-refractivity contribution < 1.29 is 17.4 Å². The van der Waals surface area contributed by atoms with Crippen molar-refractivity contribution in [3.63, 3.8) is 0 Å². The molecule has 0 radical (unpaired) electrons. The van der Waals surface area contributed by atoms with E-state index in [9.17, 15) is 17.4 Å². The molecule has 2 atom stereocenters. The summed E-state index contributed by atoms with van der Waals surface area (Å²) in [5, 5.41) is -0.846. The Hall–Kier alpha value is -2.26. The third kappa shape index (κ3) is 3.89. The summed E-state index contributed by atoms with van der Waals surface area (Å²) in [4.78, 5) is 8.54. The van der Waals surface area contributed by atoms with Crippen molar-refractivity contribution in [1.29, 1.82) is 4.78 Å². The molecule has 0 aliphatic rings. The molecule has 2 heterocycles. The maximum Gasteiger partial charge on any atom is 0.433 e. The van der Waals surface area contributed by atoms with Crippen LogP contribution in [0, 0.1) is 11.7 Å². The molecule has 1 N–H and O–H groups in total. The van der Waals surface area contributed by atoms with Gasteiger partial charge in [0.25, 0.3) is 0 Å². The lowest BCUT2D eigenvalue weighted by Crippen LogP contribution is -2.12. The van der Waals surface area contributed by atoms with Crippen LogP contribution in [0.3, 0.4) is 0 Å². The van der Waals surface area contributed by atoms with Gasteiger partial charge in [-0.25, -0.2) is 14.0 Å². The summed E-state index contributed by atoms with van der Waals surface area (Å²) in [5.74, 6) is 0. The molecule has 2 unspecified atom stereocenters. The van der Waals surface area contributed by atoms with E-state index in [1.807, 2.05) is 30.3 Å². The number of nitrogens with zero attached hydrogens (tertiary/aromatic N) is 2. The quantitative estimate of drug-likeness (QED) is 0.599. The maximum atomic E-state index is 13.1. The predicted octanol–water partition coefficient (Wildman–Crippen LogP) is 5.70. The molecule has 3 aromatic rings. The lowest BCUT2D eigenvalue weighted by Gasteiger charge is -2.14. The largest absolute Gasteiger partial charge is 0.433 e. The molecule has 4 nitrogen and oxygen atoms in total. The van der Waals surface area contributed by atoms with Gasteiger partial charge in [-0.2, -0.15) is 13.2 Å². The SMILES string of the molecule is Cc1nc(S(=N)(=O)C(C)c2ccc(C(F)(F)F)nc2)sc1-c1ccccc1. The van der Waals surface area contributed by atoms with Crippen LogP contribution in [0.4, 0.5) is 13.2 Å². The van der Waals surface area contributed by atoms with E-state index in [-0.39, 0.29) is 4.34 Å². The molecular weight excluding hydrogens is 395 g/mol. The van der Waals surface area contributed by atoms with Gasteiger partial charge in [-0.3, -0.25) is 4.98 Å². The van der Waals surface area contributed by atoms with Crippen LogP contribution < -0.4 is 0 Å². The molecule has 27 heavy (non-hydrogen) atoms. The molecule has 142 valence electrons. The Labute approximate surface area is 159 Å². The lowest BCUT2D eigenvalue weighted by molar-refractivity contribution is -0.141. The average molecular weight is 411 g/mol. The molecule has 0 bridgehead atoms. The Balaban J connectivity index is 1.95. The maximum absolute atomic E-state index is 13.1. The Morgan fingerprint density at radius 2 is 1.81 bits per heavy atom. The van der Waals surface area contributed by atoms with Crippen LogP contribution in [-0.4, -0.2) is 14.2 Å². The van der Waals surface area contributed by atoms with E-state index < -0.39 is 26.8 Å². The summed E-state index contributed by atoms with van der Waals surface area (Å²) in [5.41, 5.74) is 0.861.